The Bertz CT molecular complexity index is 735. The predicted molar refractivity (Wildman–Crippen MR) is 97.5 cm³/mol. The van der Waals surface area contributed by atoms with E-state index >= 15 is 0 Å². The average molecular weight is 418 g/mol. The highest BCUT2D eigenvalue weighted by Crippen LogP contribution is 2.49. The van der Waals surface area contributed by atoms with Crippen LogP contribution in [0.3, 0.4) is 0 Å². The van der Waals surface area contributed by atoms with Crippen LogP contribution in [-0.2, 0) is 14.2 Å². The zero-order valence-electron chi connectivity index (χ0n) is 14.5. The molecule has 148 valence electrons. The predicted octanol–water partition coefficient (Wildman–Crippen LogP) is 1.64. The number of hydrogen-bond acceptors (Lipinski definition) is 9. The Kier molecular flexibility index (Phi) is 4.59. The summed E-state index contributed by atoms with van der Waals surface area (Å²) in [5, 5.41) is 11.4. The van der Waals surface area contributed by atoms with Gasteiger partial charge in [0.1, 0.15) is 17.9 Å². The second kappa shape index (κ2) is 6.84. The number of hydrazine groups is 2. The van der Waals surface area contributed by atoms with E-state index in [2.05, 4.69) is 20.9 Å². The summed E-state index contributed by atoms with van der Waals surface area (Å²) in [7, 11) is 0. The molecule has 0 aromatic carbocycles. The molecule has 1 saturated heterocycles. The molecule has 1 aromatic rings. The molecule has 3 fully saturated rings. The van der Waals surface area contributed by atoms with Crippen LogP contribution >= 0.6 is 23.2 Å². The van der Waals surface area contributed by atoms with Crippen LogP contribution in [0.4, 0.5) is 11.5 Å². The number of hydrogen-bond donors (Lipinski definition) is 3. The van der Waals surface area contributed by atoms with E-state index in [0.717, 1.165) is 25.7 Å². The van der Waals surface area contributed by atoms with Crippen molar-refractivity contribution in [2.45, 2.75) is 62.2 Å². The molecule has 2 saturated carbocycles. The maximum atomic E-state index is 9.16. The van der Waals surface area contributed by atoms with Gasteiger partial charge in [-0.05, 0) is 24.4 Å². The van der Waals surface area contributed by atoms with Gasteiger partial charge in [0.05, 0.1) is 25.4 Å². The number of aromatic nitrogens is 2. The van der Waals surface area contributed by atoms with E-state index in [0.29, 0.717) is 17.9 Å². The minimum atomic E-state index is -0.522. The van der Waals surface area contributed by atoms with E-state index in [1.807, 2.05) is 5.01 Å². The molecule has 4 atom stereocenters. The Morgan fingerprint density at radius 3 is 2.78 bits per heavy atom. The van der Waals surface area contributed by atoms with Crippen molar-refractivity contribution in [3.05, 3.63) is 10.4 Å². The van der Waals surface area contributed by atoms with E-state index in [1.54, 1.807) is 0 Å². The molecule has 0 bridgehead atoms. The van der Waals surface area contributed by atoms with Gasteiger partial charge in [0.15, 0.2) is 16.8 Å². The summed E-state index contributed by atoms with van der Waals surface area (Å²) in [6.45, 7) is 0.231. The first-order chi connectivity index (χ1) is 13.1. The number of nitrogens with zero attached hydrogens (tertiary/aromatic N) is 3. The van der Waals surface area contributed by atoms with Gasteiger partial charge in [-0.1, -0.05) is 11.6 Å². The average Bonchev–Trinajstić information content (AvgIpc) is 3.39. The van der Waals surface area contributed by atoms with Gasteiger partial charge in [0, 0.05) is 19.3 Å². The van der Waals surface area contributed by atoms with Crippen LogP contribution in [0.15, 0.2) is 0 Å². The number of anilines is 2. The first kappa shape index (κ1) is 18.1. The molecule has 2 aliphatic carbocycles. The molecule has 2 aliphatic heterocycles. The number of rotatable bonds is 4. The van der Waals surface area contributed by atoms with Gasteiger partial charge in [0.25, 0.3) is 0 Å². The summed E-state index contributed by atoms with van der Waals surface area (Å²) in [5.41, 5.74) is 6.68. The van der Waals surface area contributed by atoms with Gasteiger partial charge >= 0.3 is 0 Å². The molecule has 11 heteroatoms. The minimum Gasteiger partial charge on any atom is -0.394 e. The topological polar surface area (TPSA) is 101 Å². The van der Waals surface area contributed by atoms with Crippen molar-refractivity contribution in [3.63, 3.8) is 0 Å². The highest BCUT2D eigenvalue weighted by Gasteiger charge is 2.60. The zero-order valence-corrected chi connectivity index (χ0v) is 16.0. The fourth-order valence-corrected chi connectivity index (χ4v) is 5.03. The van der Waals surface area contributed by atoms with Gasteiger partial charge in [-0.25, -0.2) is 4.98 Å². The quantitative estimate of drug-likeness (QED) is 0.498. The van der Waals surface area contributed by atoms with Gasteiger partial charge in [-0.2, -0.15) is 4.98 Å². The van der Waals surface area contributed by atoms with E-state index in [4.69, 9.17) is 42.5 Å². The van der Waals surface area contributed by atoms with Gasteiger partial charge in [-0.15, -0.1) is 5.53 Å². The summed E-state index contributed by atoms with van der Waals surface area (Å²) in [4.78, 5) is 8.29. The number of ether oxygens (including phenoxy) is 3. The van der Waals surface area contributed by atoms with E-state index in [1.165, 1.54) is 0 Å². The lowest BCUT2D eigenvalue weighted by Gasteiger charge is -2.30. The third-order valence-electron chi connectivity index (χ3n) is 5.71. The number of aliphatic hydroxyl groups is 1. The van der Waals surface area contributed by atoms with Gasteiger partial charge in [0.2, 0.25) is 5.28 Å². The van der Waals surface area contributed by atoms with Crippen molar-refractivity contribution in [3.8, 4) is 0 Å². The van der Waals surface area contributed by atoms with Gasteiger partial charge < -0.3 is 19.3 Å². The highest BCUT2D eigenvalue weighted by atomic mass is 35.5. The molecule has 0 radical (unpaired) electrons. The SMILES string of the molecule is OCCOC1CC(N2NNc3c(Cl)nc(Cl)nc32)C2OC3(CCCC3)OC12. The second-order valence-electron chi connectivity index (χ2n) is 7.31. The molecular weight excluding hydrogens is 397 g/mol. The Labute approximate surface area is 166 Å². The maximum absolute atomic E-state index is 9.16. The zero-order chi connectivity index (χ0) is 18.6. The van der Waals surface area contributed by atoms with E-state index < -0.39 is 5.79 Å². The normalized spacial score (nSPS) is 33.5. The third-order valence-corrected chi connectivity index (χ3v) is 6.16. The van der Waals surface area contributed by atoms with Crippen LogP contribution in [0.5, 0.6) is 0 Å². The summed E-state index contributed by atoms with van der Waals surface area (Å²) in [6, 6.07) is -0.102. The van der Waals surface area contributed by atoms with Crippen molar-refractivity contribution in [1.29, 1.82) is 0 Å². The lowest BCUT2D eigenvalue weighted by atomic mass is 10.2. The molecule has 4 unspecified atom stereocenters. The fourth-order valence-electron chi connectivity index (χ4n) is 4.61. The van der Waals surface area contributed by atoms with Crippen LogP contribution in [0.2, 0.25) is 10.4 Å². The molecule has 3 N–H and O–H groups in total. The first-order valence-electron chi connectivity index (χ1n) is 9.22. The summed E-state index contributed by atoms with van der Waals surface area (Å²) >= 11 is 12.2. The molecular formula is C16H21Cl2N5O4. The minimum absolute atomic E-state index is 0.0324. The van der Waals surface area contributed by atoms with Crippen molar-refractivity contribution >= 4 is 34.7 Å². The largest absolute Gasteiger partial charge is 0.394 e. The van der Waals surface area contributed by atoms with E-state index in [9.17, 15) is 0 Å². The molecule has 5 rings (SSSR count). The first-order valence-corrected chi connectivity index (χ1v) is 9.98. The van der Waals surface area contributed by atoms with Crippen molar-refractivity contribution in [2.75, 3.05) is 23.6 Å². The summed E-state index contributed by atoms with van der Waals surface area (Å²) < 4.78 is 18.7. The summed E-state index contributed by atoms with van der Waals surface area (Å²) in [5.74, 6) is 0.0497. The summed E-state index contributed by atoms with van der Waals surface area (Å²) in [6.07, 6.45) is 4.05. The number of halogens is 2. The van der Waals surface area contributed by atoms with E-state index in [-0.39, 0.29) is 48.0 Å². The molecule has 1 aromatic heterocycles. The number of nitrogens with one attached hydrogen (secondary N) is 2. The van der Waals surface area contributed by atoms with Crippen LogP contribution in [0, 0.1) is 0 Å². The second-order valence-corrected chi connectivity index (χ2v) is 8.00. The standard InChI is InChI=1S/C16H21Cl2N5O4/c17-13-10-14(20-15(18)19-13)23(22-21-10)8-7-9(25-6-5-24)12-11(8)26-16(27-12)3-1-2-4-16/h8-9,11-12,21-22,24H,1-7H2. The molecule has 27 heavy (non-hydrogen) atoms. The van der Waals surface area contributed by atoms with Crippen LogP contribution in [0.1, 0.15) is 32.1 Å². The van der Waals surface area contributed by atoms with Crippen molar-refractivity contribution in [1.82, 2.24) is 15.5 Å². The molecule has 1 spiro atoms. The Morgan fingerprint density at radius 2 is 2.00 bits per heavy atom. The monoisotopic (exact) mass is 417 g/mol. The van der Waals surface area contributed by atoms with Gasteiger partial charge in [-0.3, -0.25) is 10.4 Å². The molecule has 9 nitrogen and oxygen atoms in total. The molecule has 3 heterocycles. The van der Waals surface area contributed by atoms with Crippen LogP contribution < -0.4 is 16.0 Å². The Hall–Kier alpha value is -0.940. The Balaban J connectivity index is 1.45. The smallest absolute Gasteiger partial charge is 0.225 e. The van der Waals surface area contributed by atoms with Crippen molar-refractivity contribution in [2.24, 2.45) is 0 Å². The van der Waals surface area contributed by atoms with Crippen molar-refractivity contribution < 1.29 is 19.3 Å². The highest BCUT2D eigenvalue weighted by molar-refractivity contribution is 6.34. The molecule has 0 amide bonds. The molecule has 4 aliphatic rings. The lowest BCUT2D eigenvalue weighted by Crippen LogP contribution is -2.50. The third kappa shape index (κ3) is 2.96. The number of fused-ring (bicyclic) bond motifs is 2. The Morgan fingerprint density at radius 1 is 1.22 bits per heavy atom. The van der Waals surface area contributed by atoms with Crippen LogP contribution in [-0.4, -0.2) is 58.4 Å². The van der Waals surface area contributed by atoms with Crippen LogP contribution in [0.25, 0.3) is 0 Å². The lowest BCUT2D eigenvalue weighted by molar-refractivity contribution is -0.188. The maximum Gasteiger partial charge on any atom is 0.225 e. The number of aliphatic hydroxyl groups excluding tert-OH is 1. The fraction of sp³-hybridized carbons (Fsp3) is 0.750.